The lowest BCUT2D eigenvalue weighted by Crippen LogP contribution is -2.36. The summed E-state index contributed by atoms with van der Waals surface area (Å²) in [4.78, 5) is 13.6. The maximum atomic E-state index is 11.1. The first-order valence-electron chi connectivity index (χ1n) is 8.07. The van der Waals surface area contributed by atoms with Crippen LogP contribution in [0.1, 0.15) is 37.3 Å². The Morgan fingerprint density at radius 2 is 2.35 bits per heavy atom. The molecule has 2 saturated heterocycles. The molecule has 1 amide bonds. The molecule has 2 fully saturated rings. The largest absolute Gasteiger partial charge is 0.303 e. The Balaban J connectivity index is 1.61. The number of hydrogen-bond donors (Lipinski definition) is 1. The maximum absolute atomic E-state index is 11.1. The number of hydrogen-bond acceptors (Lipinski definition) is 5. The zero-order valence-electron chi connectivity index (χ0n) is 13.4. The van der Waals surface area contributed by atoms with Gasteiger partial charge in [-0.3, -0.25) is 9.69 Å². The van der Waals surface area contributed by atoms with Crippen molar-refractivity contribution in [3.8, 4) is 0 Å². The van der Waals surface area contributed by atoms with Crippen molar-refractivity contribution in [3.63, 3.8) is 0 Å². The van der Waals surface area contributed by atoms with Crippen molar-refractivity contribution in [2.24, 2.45) is 10.2 Å². The first-order valence-corrected chi connectivity index (χ1v) is 9.06. The lowest BCUT2D eigenvalue weighted by atomic mass is 10.0. The Morgan fingerprint density at radius 1 is 1.43 bits per heavy atom. The van der Waals surface area contributed by atoms with Gasteiger partial charge in [0.05, 0.1) is 12.0 Å². The van der Waals surface area contributed by atoms with Crippen molar-refractivity contribution in [1.29, 1.82) is 0 Å². The van der Waals surface area contributed by atoms with E-state index in [0.717, 1.165) is 12.1 Å². The van der Waals surface area contributed by atoms with Crippen LogP contribution in [0, 0.1) is 0 Å². The summed E-state index contributed by atoms with van der Waals surface area (Å²) in [5, 5.41) is 11.3. The number of nitrogens with zero attached hydrogens (tertiary/aromatic N) is 3. The number of likely N-dealkylation sites (tertiary alicyclic amines) is 1. The number of nitrogens with one attached hydrogen (secondary N) is 1. The molecule has 2 heterocycles. The third-order valence-electron chi connectivity index (χ3n) is 4.22. The van der Waals surface area contributed by atoms with Crippen LogP contribution in [0.25, 0.3) is 0 Å². The zero-order chi connectivity index (χ0) is 16.1. The van der Waals surface area contributed by atoms with Crippen molar-refractivity contribution in [2.75, 3.05) is 12.3 Å². The van der Waals surface area contributed by atoms with Gasteiger partial charge in [0, 0.05) is 12.6 Å². The smallest absolute Gasteiger partial charge is 0.236 e. The number of amides is 1. The van der Waals surface area contributed by atoms with Gasteiger partial charge in [-0.05, 0) is 43.5 Å². The molecule has 3 rings (SSSR count). The van der Waals surface area contributed by atoms with Crippen LogP contribution in [-0.4, -0.2) is 40.5 Å². The van der Waals surface area contributed by atoms with E-state index in [1.807, 2.05) is 6.07 Å². The van der Waals surface area contributed by atoms with Gasteiger partial charge in [-0.25, -0.2) is 0 Å². The Labute approximate surface area is 141 Å². The van der Waals surface area contributed by atoms with Crippen molar-refractivity contribution >= 4 is 29.1 Å². The molecule has 1 aromatic carbocycles. The summed E-state index contributed by atoms with van der Waals surface area (Å²) in [7, 11) is 0. The van der Waals surface area contributed by atoms with Crippen molar-refractivity contribution in [3.05, 3.63) is 35.4 Å². The summed E-state index contributed by atoms with van der Waals surface area (Å²) in [6.45, 7) is 4.49. The van der Waals surface area contributed by atoms with Gasteiger partial charge in [0.2, 0.25) is 5.91 Å². The van der Waals surface area contributed by atoms with Crippen molar-refractivity contribution in [2.45, 2.75) is 38.8 Å². The predicted molar refractivity (Wildman–Crippen MR) is 95.8 cm³/mol. The molecule has 0 bridgehead atoms. The van der Waals surface area contributed by atoms with Crippen LogP contribution in [0.2, 0.25) is 0 Å². The van der Waals surface area contributed by atoms with Gasteiger partial charge >= 0.3 is 0 Å². The molecule has 2 aliphatic heterocycles. The molecule has 23 heavy (non-hydrogen) atoms. The molecule has 1 unspecified atom stereocenters. The standard InChI is InChI=1S/C17H22N4OS/c1-13-5-2-3-8-21(13)11-15-7-4-6-14(9-15)10-18-20-17-19-16(22)12-23-17/h4,6-7,9-10,13H,2-3,5,8,11-12H2,1H3,(H,19,20,22). The summed E-state index contributed by atoms with van der Waals surface area (Å²) < 4.78 is 0. The van der Waals surface area contributed by atoms with Gasteiger partial charge in [-0.2, -0.15) is 5.10 Å². The second kappa shape index (κ2) is 7.75. The molecule has 1 aromatic rings. The van der Waals surface area contributed by atoms with Crippen molar-refractivity contribution < 1.29 is 4.79 Å². The molecule has 0 radical (unpaired) electrons. The first-order chi connectivity index (χ1) is 11.2. The first kappa shape index (κ1) is 16.2. The summed E-state index contributed by atoms with van der Waals surface area (Å²) in [5.41, 5.74) is 2.34. The van der Waals surface area contributed by atoms with Crippen LogP contribution >= 0.6 is 11.8 Å². The second-order valence-electron chi connectivity index (χ2n) is 6.05. The third kappa shape index (κ3) is 4.65. The lowest BCUT2D eigenvalue weighted by Gasteiger charge is -2.33. The SMILES string of the molecule is CC1CCCCN1Cc1cccc(C=NN=C2NC(=O)CS2)c1. The van der Waals surface area contributed by atoms with Gasteiger partial charge in [-0.1, -0.05) is 36.4 Å². The molecule has 0 saturated carbocycles. The Bertz CT molecular complexity index is 629. The van der Waals surface area contributed by atoms with Crippen LogP contribution in [0.5, 0.6) is 0 Å². The molecule has 1 atom stereocenters. The molecular formula is C17H22N4OS. The van der Waals surface area contributed by atoms with E-state index < -0.39 is 0 Å². The molecule has 0 aromatic heterocycles. The summed E-state index contributed by atoms with van der Waals surface area (Å²) in [5.74, 6) is 0.416. The zero-order valence-corrected chi connectivity index (χ0v) is 14.2. The molecule has 5 nitrogen and oxygen atoms in total. The highest BCUT2D eigenvalue weighted by Gasteiger charge is 2.18. The Hall–Kier alpha value is -1.66. The number of benzene rings is 1. The summed E-state index contributed by atoms with van der Waals surface area (Å²) >= 11 is 1.38. The second-order valence-corrected chi connectivity index (χ2v) is 7.01. The monoisotopic (exact) mass is 330 g/mol. The van der Waals surface area contributed by atoms with E-state index in [4.69, 9.17) is 0 Å². The highest BCUT2D eigenvalue weighted by molar-refractivity contribution is 8.15. The Morgan fingerprint density at radius 3 is 3.13 bits per heavy atom. The summed E-state index contributed by atoms with van der Waals surface area (Å²) in [6.07, 6.45) is 5.68. The number of rotatable bonds is 4. The van der Waals surface area contributed by atoms with E-state index in [2.05, 4.69) is 45.5 Å². The van der Waals surface area contributed by atoms with E-state index in [0.29, 0.717) is 17.0 Å². The third-order valence-corrected chi connectivity index (χ3v) is 5.08. The van der Waals surface area contributed by atoms with Gasteiger partial charge in [-0.15, -0.1) is 5.10 Å². The molecule has 6 heteroatoms. The minimum absolute atomic E-state index is 0.0124. The molecule has 2 aliphatic rings. The topological polar surface area (TPSA) is 57.1 Å². The predicted octanol–water partition coefficient (Wildman–Crippen LogP) is 2.61. The maximum Gasteiger partial charge on any atom is 0.236 e. The van der Waals surface area contributed by atoms with Gasteiger partial charge in [0.15, 0.2) is 5.17 Å². The van der Waals surface area contributed by atoms with E-state index in [-0.39, 0.29) is 5.91 Å². The van der Waals surface area contributed by atoms with E-state index >= 15 is 0 Å². The number of carbonyl (C=O) groups is 1. The molecular weight excluding hydrogens is 308 g/mol. The van der Waals surface area contributed by atoms with Crippen LogP contribution in [-0.2, 0) is 11.3 Å². The Kier molecular flexibility index (Phi) is 5.46. The highest BCUT2D eigenvalue weighted by atomic mass is 32.2. The average molecular weight is 330 g/mol. The number of amidine groups is 1. The van der Waals surface area contributed by atoms with Gasteiger partial charge in [0.25, 0.3) is 0 Å². The lowest BCUT2D eigenvalue weighted by molar-refractivity contribution is -0.116. The fourth-order valence-corrected chi connectivity index (χ4v) is 3.56. The summed E-state index contributed by atoms with van der Waals surface area (Å²) in [6, 6.07) is 9.07. The fourth-order valence-electron chi connectivity index (χ4n) is 2.93. The molecule has 1 N–H and O–H groups in total. The van der Waals surface area contributed by atoms with Crippen LogP contribution in [0.15, 0.2) is 34.5 Å². The minimum Gasteiger partial charge on any atom is -0.303 e. The number of thioether (sulfide) groups is 1. The minimum atomic E-state index is -0.0124. The molecule has 122 valence electrons. The number of carbonyl (C=O) groups excluding carboxylic acids is 1. The van der Waals surface area contributed by atoms with Gasteiger partial charge < -0.3 is 5.32 Å². The average Bonchev–Trinajstić information content (AvgIpc) is 2.96. The normalized spacial score (nSPS) is 24.5. The quantitative estimate of drug-likeness (QED) is 0.682. The van der Waals surface area contributed by atoms with E-state index in [1.54, 1.807) is 6.21 Å². The van der Waals surface area contributed by atoms with Crippen molar-refractivity contribution in [1.82, 2.24) is 10.2 Å². The van der Waals surface area contributed by atoms with Gasteiger partial charge in [0.1, 0.15) is 0 Å². The van der Waals surface area contributed by atoms with E-state index in [1.165, 1.54) is 43.1 Å². The van der Waals surface area contributed by atoms with Crippen LogP contribution in [0.3, 0.4) is 0 Å². The van der Waals surface area contributed by atoms with E-state index in [9.17, 15) is 4.79 Å². The van der Waals surface area contributed by atoms with Crippen LogP contribution < -0.4 is 5.32 Å². The molecule has 0 spiro atoms. The fraction of sp³-hybridized carbons (Fsp3) is 0.471. The van der Waals surface area contributed by atoms with Crippen LogP contribution in [0.4, 0.5) is 0 Å². The highest BCUT2D eigenvalue weighted by Crippen LogP contribution is 2.19. The number of piperidine rings is 1. The molecule has 0 aliphatic carbocycles.